The summed E-state index contributed by atoms with van der Waals surface area (Å²) in [6.45, 7) is 2.05. The van der Waals surface area contributed by atoms with Crippen molar-refractivity contribution in [2.45, 2.75) is 23.5 Å². The molecule has 114 valence electrons. The lowest BCUT2D eigenvalue weighted by Gasteiger charge is -2.06. The SMILES string of the molecule is CCc1nc(Sc2nc(-c3ccsc3)nc3ccccc23)n[nH]1. The summed E-state index contributed by atoms with van der Waals surface area (Å²) in [6.07, 6.45) is 0.832. The molecule has 0 unspecified atom stereocenters. The molecule has 4 rings (SSSR count). The first-order valence-electron chi connectivity index (χ1n) is 7.22. The Bertz CT molecular complexity index is 946. The molecule has 3 heterocycles. The minimum absolute atomic E-state index is 0.682. The Labute approximate surface area is 141 Å². The fraction of sp³-hybridized carbons (Fsp3) is 0.125. The number of para-hydroxylation sites is 1. The van der Waals surface area contributed by atoms with E-state index < -0.39 is 0 Å². The molecule has 0 bridgehead atoms. The van der Waals surface area contributed by atoms with Crippen LogP contribution in [0.25, 0.3) is 22.3 Å². The van der Waals surface area contributed by atoms with Crippen molar-refractivity contribution < 1.29 is 0 Å². The van der Waals surface area contributed by atoms with E-state index in [-0.39, 0.29) is 0 Å². The summed E-state index contributed by atoms with van der Waals surface area (Å²) in [5.74, 6) is 1.61. The summed E-state index contributed by atoms with van der Waals surface area (Å²) in [7, 11) is 0. The molecule has 0 aliphatic rings. The maximum absolute atomic E-state index is 4.74. The molecular formula is C16H13N5S2. The number of nitrogens with zero attached hydrogens (tertiary/aromatic N) is 4. The van der Waals surface area contributed by atoms with Gasteiger partial charge in [-0.3, -0.25) is 5.10 Å². The summed E-state index contributed by atoms with van der Waals surface area (Å²) < 4.78 is 0. The van der Waals surface area contributed by atoms with Gasteiger partial charge in [0.2, 0.25) is 5.16 Å². The van der Waals surface area contributed by atoms with Gasteiger partial charge in [-0.2, -0.15) is 11.3 Å². The van der Waals surface area contributed by atoms with E-state index in [4.69, 9.17) is 4.98 Å². The number of aromatic amines is 1. The lowest BCUT2D eigenvalue weighted by molar-refractivity contribution is 0.940. The van der Waals surface area contributed by atoms with Gasteiger partial charge in [0, 0.05) is 22.8 Å². The summed E-state index contributed by atoms with van der Waals surface area (Å²) in [5, 5.41) is 13.8. The van der Waals surface area contributed by atoms with Gasteiger partial charge in [-0.25, -0.2) is 15.0 Å². The van der Waals surface area contributed by atoms with Crippen molar-refractivity contribution in [3.63, 3.8) is 0 Å². The van der Waals surface area contributed by atoms with Crippen molar-refractivity contribution in [1.29, 1.82) is 0 Å². The van der Waals surface area contributed by atoms with Crippen LogP contribution in [-0.2, 0) is 6.42 Å². The summed E-state index contributed by atoms with van der Waals surface area (Å²) in [5.41, 5.74) is 1.96. The molecule has 5 nitrogen and oxygen atoms in total. The first-order valence-corrected chi connectivity index (χ1v) is 8.98. The molecule has 0 saturated heterocycles. The fourth-order valence-corrected chi connectivity index (χ4v) is 3.68. The van der Waals surface area contributed by atoms with Crippen molar-refractivity contribution in [2.24, 2.45) is 0 Å². The molecule has 0 spiro atoms. The van der Waals surface area contributed by atoms with Gasteiger partial charge in [-0.15, -0.1) is 5.10 Å². The molecule has 23 heavy (non-hydrogen) atoms. The average Bonchev–Trinajstić information content (AvgIpc) is 3.26. The number of aromatic nitrogens is 5. The van der Waals surface area contributed by atoms with Crippen LogP contribution in [0.15, 0.2) is 51.3 Å². The van der Waals surface area contributed by atoms with Gasteiger partial charge < -0.3 is 0 Å². The van der Waals surface area contributed by atoms with Gasteiger partial charge in [0.1, 0.15) is 10.9 Å². The zero-order valence-corrected chi connectivity index (χ0v) is 14.0. The van der Waals surface area contributed by atoms with Gasteiger partial charge in [-0.1, -0.05) is 25.1 Å². The Morgan fingerprint density at radius 3 is 2.83 bits per heavy atom. The third-order valence-corrected chi connectivity index (χ3v) is 4.93. The van der Waals surface area contributed by atoms with Gasteiger partial charge in [-0.05, 0) is 29.3 Å². The Morgan fingerprint density at radius 2 is 2.04 bits per heavy atom. The number of H-pyrrole nitrogens is 1. The van der Waals surface area contributed by atoms with E-state index in [1.165, 1.54) is 11.8 Å². The normalized spacial score (nSPS) is 11.2. The Kier molecular flexibility index (Phi) is 3.80. The second kappa shape index (κ2) is 6.10. The number of thiophene rings is 1. The zero-order chi connectivity index (χ0) is 15.6. The second-order valence-electron chi connectivity index (χ2n) is 4.90. The van der Waals surface area contributed by atoms with Gasteiger partial charge in [0.15, 0.2) is 5.82 Å². The lowest BCUT2D eigenvalue weighted by atomic mass is 10.2. The molecule has 0 aliphatic heterocycles. The van der Waals surface area contributed by atoms with Crippen LogP contribution in [0.2, 0.25) is 0 Å². The molecule has 7 heteroatoms. The van der Waals surface area contributed by atoms with E-state index in [9.17, 15) is 0 Å². The Balaban J connectivity index is 1.83. The van der Waals surface area contributed by atoms with Crippen molar-refractivity contribution in [3.8, 4) is 11.4 Å². The van der Waals surface area contributed by atoms with Crippen molar-refractivity contribution in [2.75, 3.05) is 0 Å². The highest BCUT2D eigenvalue weighted by Crippen LogP contribution is 2.31. The van der Waals surface area contributed by atoms with Crippen LogP contribution in [0.4, 0.5) is 0 Å². The van der Waals surface area contributed by atoms with Crippen LogP contribution in [0.5, 0.6) is 0 Å². The lowest BCUT2D eigenvalue weighted by Crippen LogP contribution is -1.93. The molecule has 0 amide bonds. The first-order chi connectivity index (χ1) is 11.3. The number of hydrogen-bond donors (Lipinski definition) is 1. The van der Waals surface area contributed by atoms with E-state index in [1.54, 1.807) is 11.3 Å². The number of aryl methyl sites for hydroxylation is 1. The van der Waals surface area contributed by atoms with E-state index in [2.05, 4.69) is 25.5 Å². The first kappa shape index (κ1) is 14.3. The topological polar surface area (TPSA) is 67.3 Å². The second-order valence-corrected chi connectivity index (χ2v) is 6.64. The van der Waals surface area contributed by atoms with Crippen molar-refractivity contribution >= 4 is 34.0 Å². The van der Waals surface area contributed by atoms with E-state index >= 15 is 0 Å². The van der Waals surface area contributed by atoms with Gasteiger partial charge in [0.25, 0.3) is 0 Å². The van der Waals surface area contributed by atoms with Crippen LogP contribution in [0.1, 0.15) is 12.7 Å². The number of benzene rings is 1. The minimum Gasteiger partial charge on any atom is -0.262 e. The number of hydrogen-bond acceptors (Lipinski definition) is 6. The average molecular weight is 339 g/mol. The van der Waals surface area contributed by atoms with Crippen molar-refractivity contribution in [3.05, 3.63) is 46.9 Å². The maximum Gasteiger partial charge on any atom is 0.214 e. The minimum atomic E-state index is 0.682. The van der Waals surface area contributed by atoms with Crippen LogP contribution >= 0.6 is 23.1 Å². The highest BCUT2D eigenvalue weighted by molar-refractivity contribution is 7.99. The van der Waals surface area contributed by atoms with E-state index in [0.29, 0.717) is 5.16 Å². The monoisotopic (exact) mass is 339 g/mol. The quantitative estimate of drug-likeness (QED) is 0.565. The zero-order valence-electron chi connectivity index (χ0n) is 12.4. The summed E-state index contributed by atoms with van der Waals surface area (Å²) >= 11 is 3.10. The van der Waals surface area contributed by atoms with E-state index in [0.717, 1.165) is 39.6 Å². The van der Waals surface area contributed by atoms with Crippen LogP contribution < -0.4 is 0 Å². The molecule has 1 N–H and O–H groups in total. The third kappa shape index (κ3) is 2.85. The molecule has 0 atom stereocenters. The molecule has 0 radical (unpaired) electrons. The third-order valence-electron chi connectivity index (χ3n) is 3.38. The molecule has 0 saturated carbocycles. The number of nitrogens with one attached hydrogen (secondary N) is 1. The van der Waals surface area contributed by atoms with Crippen LogP contribution in [0, 0.1) is 0 Å². The number of fused-ring (bicyclic) bond motifs is 1. The predicted molar refractivity (Wildman–Crippen MR) is 92.7 cm³/mol. The molecule has 3 aromatic heterocycles. The Hall–Kier alpha value is -2.25. The molecule has 0 aliphatic carbocycles. The van der Waals surface area contributed by atoms with Crippen LogP contribution in [-0.4, -0.2) is 25.1 Å². The molecular weight excluding hydrogens is 326 g/mol. The highest BCUT2D eigenvalue weighted by atomic mass is 32.2. The predicted octanol–water partition coefficient (Wildman–Crippen LogP) is 4.19. The highest BCUT2D eigenvalue weighted by Gasteiger charge is 2.13. The largest absolute Gasteiger partial charge is 0.262 e. The molecule has 0 fully saturated rings. The fourth-order valence-electron chi connectivity index (χ4n) is 2.21. The smallest absolute Gasteiger partial charge is 0.214 e. The van der Waals surface area contributed by atoms with Crippen LogP contribution in [0.3, 0.4) is 0 Å². The molecule has 4 aromatic rings. The summed E-state index contributed by atoms with van der Waals surface area (Å²) in [6, 6.07) is 10.1. The standard InChI is InChI=1S/C16H13N5S2/c1-2-13-18-16(21-20-13)23-15-11-5-3-4-6-12(11)17-14(19-15)10-7-8-22-9-10/h3-9H,2H2,1H3,(H,18,20,21). The maximum atomic E-state index is 4.74. The number of rotatable bonds is 4. The van der Waals surface area contributed by atoms with Crippen molar-refractivity contribution in [1.82, 2.24) is 25.1 Å². The van der Waals surface area contributed by atoms with Gasteiger partial charge in [0.05, 0.1) is 5.52 Å². The Morgan fingerprint density at radius 1 is 1.13 bits per heavy atom. The molecule has 1 aromatic carbocycles. The van der Waals surface area contributed by atoms with Gasteiger partial charge >= 0.3 is 0 Å². The summed E-state index contributed by atoms with van der Waals surface area (Å²) in [4.78, 5) is 13.9. The van der Waals surface area contributed by atoms with E-state index in [1.807, 2.05) is 42.6 Å².